The molecule has 0 radical (unpaired) electrons. The molecule has 1 aromatic rings. The second kappa shape index (κ2) is 4.86. The number of benzene rings is 1. The van der Waals surface area contributed by atoms with Crippen LogP contribution in [-0.2, 0) is 27.6 Å². The van der Waals surface area contributed by atoms with Gasteiger partial charge in [0.05, 0.1) is 5.25 Å². The van der Waals surface area contributed by atoms with Gasteiger partial charge in [0.15, 0.2) is 9.84 Å². The molecule has 3 saturated heterocycles. The highest BCUT2D eigenvalue weighted by molar-refractivity contribution is 7.95. The molecule has 108 valence electrons. The molecule has 2 atom stereocenters. The summed E-state index contributed by atoms with van der Waals surface area (Å²) in [4.78, 5) is 13.8. The normalized spacial score (nSPS) is 27.2. The van der Waals surface area contributed by atoms with Gasteiger partial charge >= 0.3 is 0 Å². The molecular formula is C14H18N2O3S. The van der Waals surface area contributed by atoms with Crippen LogP contribution in [0.4, 0.5) is 0 Å². The van der Waals surface area contributed by atoms with Crippen LogP contribution in [0.15, 0.2) is 24.3 Å². The van der Waals surface area contributed by atoms with Crippen LogP contribution in [0.2, 0.25) is 0 Å². The van der Waals surface area contributed by atoms with Crippen molar-refractivity contribution in [2.75, 3.05) is 13.1 Å². The third-order valence-electron chi connectivity index (χ3n) is 4.15. The third-order valence-corrected chi connectivity index (χ3v) is 6.61. The monoisotopic (exact) mass is 294 g/mol. The third kappa shape index (κ3) is 2.13. The largest absolute Gasteiger partial charge is 0.336 e. The van der Waals surface area contributed by atoms with E-state index in [0.717, 1.165) is 17.5 Å². The van der Waals surface area contributed by atoms with Crippen molar-refractivity contribution in [3.63, 3.8) is 0 Å². The van der Waals surface area contributed by atoms with E-state index < -0.39 is 15.1 Å². The number of sulfone groups is 1. The Kier molecular flexibility index (Phi) is 3.30. The number of piperidine rings is 1. The molecule has 20 heavy (non-hydrogen) atoms. The molecule has 3 fully saturated rings. The summed E-state index contributed by atoms with van der Waals surface area (Å²) >= 11 is 0. The number of fused-ring (bicyclic) bond motifs is 2. The summed E-state index contributed by atoms with van der Waals surface area (Å²) in [7, 11) is -3.16. The maximum absolute atomic E-state index is 12.1. The molecule has 1 aromatic carbocycles. The van der Waals surface area contributed by atoms with Gasteiger partial charge in [-0.2, -0.15) is 0 Å². The molecule has 4 rings (SSSR count). The van der Waals surface area contributed by atoms with Gasteiger partial charge in [0, 0.05) is 13.1 Å². The number of rotatable bonds is 4. The zero-order valence-corrected chi connectivity index (χ0v) is 12.0. The fraction of sp³-hybridized carbons (Fsp3) is 0.500. The maximum atomic E-state index is 12.1. The van der Waals surface area contributed by atoms with E-state index in [9.17, 15) is 13.2 Å². The Morgan fingerprint density at radius 3 is 2.70 bits per heavy atom. The van der Waals surface area contributed by atoms with Crippen LogP contribution in [0.3, 0.4) is 0 Å². The molecule has 1 amide bonds. The van der Waals surface area contributed by atoms with Gasteiger partial charge in [-0.25, -0.2) is 8.42 Å². The van der Waals surface area contributed by atoms with E-state index >= 15 is 0 Å². The maximum Gasteiger partial charge on any atom is 0.241 e. The molecule has 2 N–H and O–H groups in total. The SMILES string of the molecule is NCCc1cccc(CN2CC3CC(C2=O)S3(=O)=O)c1. The molecule has 3 aliphatic heterocycles. The van der Waals surface area contributed by atoms with Crippen molar-refractivity contribution < 1.29 is 13.2 Å². The standard InChI is InChI=1S/C14H18N2O3S/c15-5-4-10-2-1-3-11(6-10)8-16-9-12-7-13(14(16)17)20(12,18)19/h1-3,6,12-13H,4-5,7-9,15H2. The molecule has 5 nitrogen and oxygen atoms in total. The number of hydrogen-bond donors (Lipinski definition) is 1. The smallest absolute Gasteiger partial charge is 0.241 e. The summed E-state index contributed by atoms with van der Waals surface area (Å²) in [5.74, 6) is -0.239. The topological polar surface area (TPSA) is 80.5 Å². The van der Waals surface area contributed by atoms with Crippen molar-refractivity contribution in [3.05, 3.63) is 35.4 Å². The van der Waals surface area contributed by atoms with Gasteiger partial charge in [-0.05, 0) is 30.5 Å². The number of nitrogens with zero attached hydrogens (tertiary/aromatic N) is 1. The van der Waals surface area contributed by atoms with E-state index in [1.807, 2.05) is 24.3 Å². The van der Waals surface area contributed by atoms with Crippen molar-refractivity contribution >= 4 is 15.7 Å². The molecule has 0 aliphatic carbocycles. The van der Waals surface area contributed by atoms with Crippen LogP contribution in [-0.4, -0.2) is 42.8 Å². The summed E-state index contributed by atoms with van der Waals surface area (Å²) in [5, 5.41) is -1.13. The lowest BCUT2D eigenvalue weighted by molar-refractivity contribution is -0.134. The number of amides is 1. The summed E-state index contributed by atoms with van der Waals surface area (Å²) in [6.45, 7) is 1.41. The molecule has 2 bridgehead atoms. The zero-order chi connectivity index (χ0) is 14.3. The van der Waals surface area contributed by atoms with Gasteiger partial charge in [0.25, 0.3) is 0 Å². The molecule has 3 aliphatic rings. The average molecular weight is 294 g/mol. The first-order chi connectivity index (χ1) is 9.52. The van der Waals surface area contributed by atoms with E-state index in [2.05, 4.69) is 0 Å². The number of hydrogen-bond acceptors (Lipinski definition) is 4. The van der Waals surface area contributed by atoms with Gasteiger partial charge in [0.2, 0.25) is 5.91 Å². The van der Waals surface area contributed by atoms with Crippen LogP contribution in [0.5, 0.6) is 0 Å². The van der Waals surface area contributed by atoms with Crippen LogP contribution in [0.25, 0.3) is 0 Å². The van der Waals surface area contributed by atoms with Gasteiger partial charge in [-0.3, -0.25) is 4.79 Å². The lowest BCUT2D eigenvalue weighted by Gasteiger charge is -2.45. The van der Waals surface area contributed by atoms with Crippen molar-refractivity contribution in [1.29, 1.82) is 0 Å². The van der Waals surface area contributed by atoms with E-state index in [1.165, 1.54) is 0 Å². The Morgan fingerprint density at radius 1 is 1.30 bits per heavy atom. The predicted molar refractivity (Wildman–Crippen MR) is 75.7 cm³/mol. The van der Waals surface area contributed by atoms with Crippen LogP contribution >= 0.6 is 0 Å². The lowest BCUT2D eigenvalue weighted by atomic mass is 10.0. The lowest BCUT2D eigenvalue weighted by Crippen LogP contribution is -2.64. The molecule has 0 spiro atoms. The Morgan fingerprint density at radius 2 is 2.05 bits per heavy atom. The van der Waals surface area contributed by atoms with Crippen LogP contribution in [0, 0.1) is 0 Å². The molecule has 2 unspecified atom stereocenters. The molecular weight excluding hydrogens is 276 g/mol. The van der Waals surface area contributed by atoms with E-state index in [-0.39, 0.29) is 11.2 Å². The fourth-order valence-corrected chi connectivity index (χ4v) is 4.87. The number of nitrogens with two attached hydrogens (primary N) is 1. The predicted octanol–water partition coefficient (Wildman–Crippen LogP) is 0.0857. The first-order valence-corrected chi connectivity index (χ1v) is 8.42. The second-order valence-corrected chi connectivity index (χ2v) is 7.93. The van der Waals surface area contributed by atoms with Crippen molar-refractivity contribution in [2.45, 2.75) is 29.9 Å². The first kappa shape index (κ1) is 13.6. The van der Waals surface area contributed by atoms with E-state index in [0.29, 0.717) is 26.1 Å². The molecule has 0 saturated carbocycles. The highest BCUT2D eigenvalue weighted by Crippen LogP contribution is 2.36. The second-order valence-electron chi connectivity index (χ2n) is 5.51. The minimum Gasteiger partial charge on any atom is -0.336 e. The Hall–Kier alpha value is -1.40. The molecule has 0 aromatic heterocycles. The fourth-order valence-electron chi connectivity index (χ4n) is 2.99. The summed E-state index contributed by atoms with van der Waals surface area (Å²) in [5.41, 5.74) is 7.72. The molecule has 3 heterocycles. The first-order valence-electron chi connectivity index (χ1n) is 6.82. The zero-order valence-electron chi connectivity index (χ0n) is 11.2. The van der Waals surface area contributed by atoms with Gasteiger partial charge < -0.3 is 10.6 Å². The Labute approximate surface area is 118 Å². The Bertz CT molecular complexity index is 642. The molecule has 6 heteroatoms. The highest BCUT2D eigenvalue weighted by Gasteiger charge is 2.56. The summed E-state index contributed by atoms with van der Waals surface area (Å²) in [6.07, 6.45) is 1.31. The van der Waals surface area contributed by atoms with Gasteiger partial charge in [0.1, 0.15) is 5.25 Å². The summed E-state index contributed by atoms with van der Waals surface area (Å²) < 4.78 is 23.4. The van der Waals surface area contributed by atoms with E-state index in [1.54, 1.807) is 4.90 Å². The van der Waals surface area contributed by atoms with Crippen LogP contribution in [0.1, 0.15) is 17.5 Å². The highest BCUT2D eigenvalue weighted by atomic mass is 32.2. The van der Waals surface area contributed by atoms with Crippen molar-refractivity contribution in [3.8, 4) is 0 Å². The summed E-state index contributed by atoms with van der Waals surface area (Å²) in [6, 6.07) is 7.96. The number of carbonyl (C=O) groups excluding carboxylic acids is 1. The quantitative estimate of drug-likeness (QED) is 0.853. The van der Waals surface area contributed by atoms with Gasteiger partial charge in [-0.1, -0.05) is 24.3 Å². The Balaban J connectivity index is 1.73. The average Bonchev–Trinajstić information content (AvgIpc) is 2.41. The van der Waals surface area contributed by atoms with Gasteiger partial charge in [-0.15, -0.1) is 0 Å². The minimum absolute atomic E-state index is 0.239. The van der Waals surface area contributed by atoms with E-state index in [4.69, 9.17) is 5.73 Å². The van der Waals surface area contributed by atoms with Crippen LogP contribution < -0.4 is 5.73 Å². The van der Waals surface area contributed by atoms with Crippen molar-refractivity contribution in [1.82, 2.24) is 4.90 Å². The minimum atomic E-state index is -3.16. The van der Waals surface area contributed by atoms with Crippen molar-refractivity contribution in [2.24, 2.45) is 5.73 Å². The number of carbonyl (C=O) groups is 1.